The Kier molecular flexibility index (Phi) is 4.08. The summed E-state index contributed by atoms with van der Waals surface area (Å²) in [5.74, 6) is 0.120. The fraction of sp³-hybridized carbons (Fsp3) is 0.429. The predicted molar refractivity (Wildman–Crippen MR) is 108 cm³/mol. The van der Waals surface area contributed by atoms with E-state index >= 15 is 0 Å². The van der Waals surface area contributed by atoms with Crippen molar-refractivity contribution < 1.29 is 13.7 Å². The van der Waals surface area contributed by atoms with E-state index in [1.807, 2.05) is 27.7 Å². The van der Waals surface area contributed by atoms with Gasteiger partial charge in [0, 0.05) is 6.04 Å². The van der Waals surface area contributed by atoms with Crippen molar-refractivity contribution in [3.8, 4) is 11.5 Å². The molecule has 4 aromatic rings. The van der Waals surface area contributed by atoms with Crippen LogP contribution in [0.5, 0.6) is 0 Å². The molecule has 0 radical (unpaired) electrons. The lowest BCUT2D eigenvalue weighted by Crippen LogP contribution is -2.25. The van der Waals surface area contributed by atoms with Gasteiger partial charge in [-0.3, -0.25) is 13.8 Å². The van der Waals surface area contributed by atoms with Crippen LogP contribution >= 0.6 is 0 Å². The summed E-state index contributed by atoms with van der Waals surface area (Å²) in [5, 5.41) is 4.05. The Morgan fingerprint density at radius 2 is 2.07 bits per heavy atom. The van der Waals surface area contributed by atoms with E-state index in [1.165, 1.54) is 17.0 Å². The van der Waals surface area contributed by atoms with Gasteiger partial charge in [-0.05, 0) is 52.7 Å². The molecule has 1 aromatic carbocycles. The number of para-hydroxylation sites is 1. The number of nitrogens with zero attached hydrogens (tertiary/aromatic N) is 5. The minimum absolute atomic E-state index is 0.212. The number of imidazole rings is 1. The summed E-state index contributed by atoms with van der Waals surface area (Å²) in [6.07, 6.45) is 2.88. The van der Waals surface area contributed by atoms with Crippen LogP contribution in [-0.4, -0.2) is 29.7 Å². The zero-order valence-corrected chi connectivity index (χ0v) is 17.2. The first-order valence-corrected chi connectivity index (χ1v) is 9.98. The van der Waals surface area contributed by atoms with Crippen molar-refractivity contribution in [1.82, 2.24) is 24.1 Å². The van der Waals surface area contributed by atoms with Gasteiger partial charge in [0.1, 0.15) is 35.0 Å². The lowest BCUT2D eigenvalue weighted by Gasteiger charge is -2.17. The Bertz CT molecular complexity index is 1330. The van der Waals surface area contributed by atoms with Crippen LogP contribution in [0.2, 0.25) is 0 Å². The molecule has 4 heterocycles. The van der Waals surface area contributed by atoms with Crippen LogP contribution < -0.4 is 5.56 Å². The molecule has 1 fully saturated rings. The molecule has 0 spiro atoms. The highest BCUT2D eigenvalue weighted by molar-refractivity contribution is 5.84. The minimum Gasteiger partial charge on any atom is -0.363 e. The van der Waals surface area contributed by atoms with E-state index in [0.29, 0.717) is 17.1 Å². The zero-order valence-electron chi connectivity index (χ0n) is 17.2. The van der Waals surface area contributed by atoms with Gasteiger partial charge < -0.3 is 9.26 Å². The predicted octanol–water partition coefficient (Wildman–Crippen LogP) is 4.05. The third-order valence-corrected chi connectivity index (χ3v) is 5.57. The molecule has 30 heavy (non-hydrogen) atoms. The molecule has 1 aliphatic rings. The number of benzene rings is 1. The van der Waals surface area contributed by atoms with Gasteiger partial charge >= 0.3 is 0 Å². The molecule has 0 bridgehead atoms. The molecule has 0 saturated carbocycles. The second-order valence-corrected chi connectivity index (χ2v) is 8.55. The monoisotopic (exact) mass is 411 g/mol. The van der Waals surface area contributed by atoms with Gasteiger partial charge in [-0.25, -0.2) is 9.37 Å². The molecule has 0 amide bonds. The highest BCUT2D eigenvalue weighted by Crippen LogP contribution is 2.38. The summed E-state index contributed by atoms with van der Waals surface area (Å²) in [5.41, 5.74) is 0.759. The molecule has 1 atom stereocenters. The normalized spacial score (nSPS) is 18.8. The summed E-state index contributed by atoms with van der Waals surface area (Å²) >= 11 is 0. The van der Waals surface area contributed by atoms with Crippen LogP contribution in [0.25, 0.3) is 28.1 Å². The molecular weight excluding hydrogens is 389 g/mol. The number of hydrogen-bond donors (Lipinski definition) is 0. The fourth-order valence-corrected chi connectivity index (χ4v) is 4.16. The van der Waals surface area contributed by atoms with E-state index in [9.17, 15) is 9.18 Å². The van der Waals surface area contributed by atoms with Gasteiger partial charge in [-0.2, -0.15) is 4.98 Å². The SMILES string of the molecule is CC(C)n1c(=O)c2c(-c3noc(C4CCC(C)(C)O4)n3)ncn2c2cccc(F)c21. The Morgan fingerprint density at radius 1 is 1.27 bits per heavy atom. The lowest BCUT2D eigenvalue weighted by atomic mass is 10.1. The molecule has 1 saturated heterocycles. The number of hydrogen-bond acceptors (Lipinski definition) is 6. The van der Waals surface area contributed by atoms with E-state index < -0.39 is 5.82 Å². The first kappa shape index (κ1) is 18.9. The van der Waals surface area contributed by atoms with Gasteiger partial charge in [0.25, 0.3) is 11.4 Å². The average molecular weight is 411 g/mol. The molecular formula is C21H22FN5O3. The van der Waals surface area contributed by atoms with Gasteiger partial charge in [0.2, 0.25) is 5.82 Å². The first-order chi connectivity index (χ1) is 14.3. The van der Waals surface area contributed by atoms with Crippen molar-refractivity contribution >= 4 is 16.6 Å². The second-order valence-electron chi connectivity index (χ2n) is 8.55. The van der Waals surface area contributed by atoms with Gasteiger partial charge in [-0.1, -0.05) is 11.2 Å². The largest absolute Gasteiger partial charge is 0.363 e. The molecule has 3 aromatic heterocycles. The van der Waals surface area contributed by atoms with Crippen LogP contribution in [-0.2, 0) is 4.74 Å². The number of halogens is 1. The van der Waals surface area contributed by atoms with E-state index in [0.717, 1.165) is 12.8 Å². The molecule has 0 aliphatic carbocycles. The third-order valence-electron chi connectivity index (χ3n) is 5.57. The average Bonchev–Trinajstić information content (AvgIpc) is 3.39. The molecule has 9 heteroatoms. The number of fused-ring (bicyclic) bond motifs is 3. The maximum absolute atomic E-state index is 14.6. The van der Waals surface area contributed by atoms with Crippen molar-refractivity contribution in [3.63, 3.8) is 0 Å². The van der Waals surface area contributed by atoms with Crippen molar-refractivity contribution in [1.29, 1.82) is 0 Å². The van der Waals surface area contributed by atoms with Crippen LogP contribution in [0.4, 0.5) is 4.39 Å². The summed E-state index contributed by atoms with van der Waals surface area (Å²) < 4.78 is 29.1. The zero-order chi connectivity index (χ0) is 21.2. The van der Waals surface area contributed by atoms with Crippen LogP contribution in [0.15, 0.2) is 33.8 Å². The molecule has 1 aliphatic heterocycles. The quantitative estimate of drug-likeness (QED) is 0.505. The van der Waals surface area contributed by atoms with Gasteiger partial charge in [0.15, 0.2) is 0 Å². The number of aromatic nitrogens is 5. The molecule has 0 N–H and O–H groups in total. The van der Waals surface area contributed by atoms with Crippen molar-refractivity contribution in [2.45, 2.75) is 58.3 Å². The lowest BCUT2D eigenvalue weighted by molar-refractivity contribution is -0.0292. The van der Waals surface area contributed by atoms with E-state index in [1.54, 1.807) is 16.5 Å². The summed E-state index contributed by atoms with van der Waals surface area (Å²) in [6.45, 7) is 7.72. The van der Waals surface area contributed by atoms with E-state index in [2.05, 4.69) is 15.1 Å². The van der Waals surface area contributed by atoms with Crippen LogP contribution in [0.1, 0.15) is 58.6 Å². The van der Waals surface area contributed by atoms with Crippen LogP contribution in [0.3, 0.4) is 0 Å². The first-order valence-electron chi connectivity index (χ1n) is 9.98. The van der Waals surface area contributed by atoms with Crippen molar-refractivity contribution in [2.75, 3.05) is 0 Å². The molecule has 1 unspecified atom stereocenters. The highest BCUT2D eigenvalue weighted by atomic mass is 19.1. The summed E-state index contributed by atoms with van der Waals surface area (Å²) in [7, 11) is 0. The van der Waals surface area contributed by atoms with Gasteiger partial charge in [0.05, 0.1) is 11.1 Å². The number of rotatable bonds is 3. The van der Waals surface area contributed by atoms with E-state index in [-0.39, 0.29) is 40.2 Å². The van der Waals surface area contributed by atoms with Crippen molar-refractivity contribution in [3.05, 3.63) is 46.6 Å². The third kappa shape index (κ3) is 2.76. The van der Waals surface area contributed by atoms with Gasteiger partial charge in [-0.15, -0.1) is 0 Å². The maximum Gasteiger partial charge on any atom is 0.278 e. The van der Waals surface area contributed by atoms with Crippen molar-refractivity contribution in [2.24, 2.45) is 0 Å². The Morgan fingerprint density at radius 3 is 2.77 bits per heavy atom. The highest BCUT2D eigenvalue weighted by Gasteiger charge is 2.36. The Labute approximate surface area is 171 Å². The number of ether oxygens (including phenoxy) is 1. The molecule has 5 rings (SSSR count). The molecule has 156 valence electrons. The summed E-state index contributed by atoms with van der Waals surface area (Å²) in [4.78, 5) is 22.2. The molecule has 8 nitrogen and oxygen atoms in total. The van der Waals surface area contributed by atoms with Crippen LogP contribution in [0, 0.1) is 5.82 Å². The second kappa shape index (κ2) is 6.46. The fourth-order valence-electron chi connectivity index (χ4n) is 4.16. The standard InChI is InChI=1S/C21H22FN5O3/c1-11(2)27-16-12(22)6-5-7-13(16)26-10-23-15(17(26)20(27)28)18-24-19(30-25-18)14-8-9-21(3,4)29-14/h5-7,10-11,14H,8-9H2,1-4H3. The van der Waals surface area contributed by atoms with E-state index in [4.69, 9.17) is 9.26 Å². The minimum atomic E-state index is -0.460. The smallest absolute Gasteiger partial charge is 0.278 e. The Balaban J connectivity index is 1.71. The topological polar surface area (TPSA) is 87.5 Å². The Hall–Kier alpha value is -3.07. The maximum atomic E-state index is 14.6. The summed E-state index contributed by atoms with van der Waals surface area (Å²) in [6, 6.07) is 4.46.